The van der Waals surface area contributed by atoms with E-state index in [0.29, 0.717) is 0 Å². The molecule has 3 heteroatoms. The van der Waals surface area contributed by atoms with Crippen LogP contribution in [0.3, 0.4) is 0 Å². The highest BCUT2D eigenvalue weighted by Crippen LogP contribution is 2.27. The van der Waals surface area contributed by atoms with E-state index in [1.807, 2.05) is 26.8 Å². The molecule has 1 aromatic carbocycles. The lowest BCUT2D eigenvalue weighted by Gasteiger charge is -2.20. The first-order valence-corrected chi connectivity index (χ1v) is 4.89. The van der Waals surface area contributed by atoms with E-state index in [2.05, 4.69) is 0 Å². The van der Waals surface area contributed by atoms with E-state index in [1.165, 1.54) is 6.07 Å². The molecule has 0 saturated heterocycles. The second-order valence-corrected chi connectivity index (χ2v) is 4.65. The first kappa shape index (κ1) is 12.1. The highest BCUT2D eigenvalue weighted by molar-refractivity contribution is 5.30. The average Bonchev–Trinajstić information content (AvgIpc) is 2.15. The predicted octanol–water partition coefficient (Wildman–Crippen LogP) is 3.28. The van der Waals surface area contributed by atoms with Crippen molar-refractivity contribution in [1.29, 1.82) is 0 Å². The number of alkyl halides is 2. The molecule has 1 N–H and O–H groups in total. The number of aliphatic hydroxyl groups is 1. The zero-order chi connectivity index (χ0) is 11.6. The molecule has 0 radical (unpaired) electrons. The summed E-state index contributed by atoms with van der Waals surface area (Å²) in [5, 5.41) is 9.24. The van der Waals surface area contributed by atoms with Gasteiger partial charge in [0, 0.05) is 0 Å². The van der Waals surface area contributed by atoms with Gasteiger partial charge in [0.2, 0.25) is 0 Å². The number of halogens is 2. The predicted molar refractivity (Wildman–Crippen MR) is 56.1 cm³/mol. The molecule has 1 nitrogen and oxygen atoms in total. The quantitative estimate of drug-likeness (QED) is 0.801. The Balaban J connectivity index is 3.03. The van der Waals surface area contributed by atoms with E-state index >= 15 is 0 Å². The maximum Gasteiger partial charge on any atom is 0.268 e. The number of hydrogen-bond acceptors (Lipinski definition) is 1. The third-order valence-electron chi connectivity index (χ3n) is 2.33. The molecule has 0 aromatic heterocycles. The number of aliphatic hydroxyl groups excluding tert-OH is 1. The van der Waals surface area contributed by atoms with Gasteiger partial charge in [-0.3, -0.25) is 0 Å². The van der Waals surface area contributed by atoms with Gasteiger partial charge in [-0.15, -0.1) is 0 Å². The fourth-order valence-corrected chi connectivity index (χ4v) is 1.33. The van der Waals surface area contributed by atoms with Gasteiger partial charge in [-0.1, -0.05) is 45.0 Å². The Morgan fingerprint density at radius 2 is 1.80 bits per heavy atom. The summed E-state index contributed by atoms with van der Waals surface area (Å²) in [6.07, 6.45) is -4.42. The van der Waals surface area contributed by atoms with Crippen LogP contribution in [0.1, 0.15) is 38.0 Å². The molecule has 0 aliphatic carbocycles. The van der Waals surface area contributed by atoms with Gasteiger partial charge in [-0.05, 0) is 16.5 Å². The minimum absolute atomic E-state index is 0.0994. The highest BCUT2D eigenvalue weighted by Gasteiger charge is 2.21. The molecule has 0 bridgehead atoms. The Bertz CT molecular complexity index is 329. The van der Waals surface area contributed by atoms with Gasteiger partial charge >= 0.3 is 0 Å². The van der Waals surface area contributed by atoms with Gasteiger partial charge in [0.15, 0.2) is 0 Å². The molecule has 0 fully saturated rings. The van der Waals surface area contributed by atoms with Crippen LogP contribution in [0.2, 0.25) is 0 Å². The fraction of sp³-hybridized carbons (Fsp3) is 0.500. The van der Waals surface area contributed by atoms with Crippen molar-refractivity contribution in [2.24, 2.45) is 0 Å². The third kappa shape index (κ3) is 2.99. The van der Waals surface area contributed by atoms with Gasteiger partial charge in [0.05, 0.1) is 0 Å². The van der Waals surface area contributed by atoms with Crippen molar-refractivity contribution >= 4 is 0 Å². The van der Waals surface area contributed by atoms with Crippen LogP contribution < -0.4 is 0 Å². The Labute approximate surface area is 88.7 Å². The van der Waals surface area contributed by atoms with Crippen LogP contribution in [0.5, 0.6) is 0 Å². The fourth-order valence-electron chi connectivity index (χ4n) is 1.33. The first-order chi connectivity index (χ1) is 6.82. The standard InChI is InChI=1S/C12H16F2O/c1-12(2,3)9-6-4-5-8(7-9)10(15)11(13)14/h4-7,10-11,15H,1-3H3. The molecule has 84 valence electrons. The lowest BCUT2D eigenvalue weighted by atomic mass is 9.86. The molecule has 1 aromatic rings. The maximum atomic E-state index is 12.3. The second kappa shape index (κ2) is 4.27. The Kier molecular flexibility index (Phi) is 3.45. The van der Waals surface area contributed by atoms with Crippen molar-refractivity contribution < 1.29 is 13.9 Å². The van der Waals surface area contributed by atoms with Gasteiger partial charge in [-0.2, -0.15) is 0 Å². The summed E-state index contributed by atoms with van der Waals surface area (Å²) in [4.78, 5) is 0. The zero-order valence-corrected chi connectivity index (χ0v) is 9.17. The Hall–Kier alpha value is -0.960. The molecule has 1 atom stereocenters. The molecule has 0 amide bonds. The van der Waals surface area contributed by atoms with Crippen LogP contribution in [0.15, 0.2) is 24.3 Å². The van der Waals surface area contributed by atoms with E-state index in [0.717, 1.165) is 5.56 Å². The SMILES string of the molecule is CC(C)(C)c1cccc(C(O)C(F)F)c1. The lowest BCUT2D eigenvalue weighted by Crippen LogP contribution is -2.13. The Morgan fingerprint density at radius 3 is 2.27 bits per heavy atom. The Morgan fingerprint density at radius 1 is 1.20 bits per heavy atom. The molecule has 15 heavy (non-hydrogen) atoms. The summed E-state index contributed by atoms with van der Waals surface area (Å²) in [5.74, 6) is 0. The van der Waals surface area contributed by atoms with Crippen molar-refractivity contribution in [3.05, 3.63) is 35.4 Å². The molecular formula is C12H16F2O. The first-order valence-electron chi connectivity index (χ1n) is 4.89. The van der Waals surface area contributed by atoms with Crippen molar-refractivity contribution in [3.8, 4) is 0 Å². The average molecular weight is 214 g/mol. The normalized spacial score (nSPS) is 14.3. The number of rotatable bonds is 2. The second-order valence-electron chi connectivity index (χ2n) is 4.65. The maximum absolute atomic E-state index is 12.3. The van der Waals surface area contributed by atoms with Crippen LogP contribution in [0.25, 0.3) is 0 Å². The van der Waals surface area contributed by atoms with Crippen LogP contribution in [-0.2, 0) is 5.41 Å². The van der Waals surface area contributed by atoms with Gasteiger partial charge in [0.1, 0.15) is 6.10 Å². The van der Waals surface area contributed by atoms with Crippen molar-refractivity contribution in [3.63, 3.8) is 0 Å². The van der Waals surface area contributed by atoms with Crippen molar-refractivity contribution in [2.75, 3.05) is 0 Å². The molecule has 1 unspecified atom stereocenters. The summed E-state index contributed by atoms with van der Waals surface area (Å²) < 4.78 is 24.6. The largest absolute Gasteiger partial charge is 0.382 e. The van der Waals surface area contributed by atoms with Gasteiger partial charge in [0.25, 0.3) is 6.43 Å². The van der Waals surface area contributed by atoms with E-state index in [4.69, 9.17) is 0 Å². The topological polar surface area (TPSA) is 20.2 Å². The minimum Gasteiger partial charge on any atom is -0.382 e. The van der Waals surface area contributed by atoms with Crippen molar-refractivity contribution in [1.82, 2.24) is 0 Å². The molecule has 0 saturated carbocycles. The minimum atomic E-state index is -2.74. The summed E-state index contributed by atoms with van der Waals surface area (Å²) in [5.41, 5.74) is 1.12. The molecule has 0 aliphatic rings. The van der Waals surface area contributed by atoms with Gasteiger partial charge < -0.3 is 5.11 Å². The monoisotopic (exact) mass is 214 g/mol. The number of benzene rings is 1. The lowest BCUT2D eigenvalue weighted by molar-refractivity contribution is -0.00584. The highest BCUT2D eigenvalue weighted by atomic mass is 19.3. The van der Waals surface area contributed by atoms with Gasteiger partial charge in [-0.25, -0.2) is 8.78 Å². The molecule has 0 spiro atoms. The molecule has 0 aliphatic heterocycles. The van der Waals surface area contributed by atoms with Crippen LogP contribution >= 0.6 is 0 Å². The van der Waals surface area contributed by atoms with Crippen molar-refractivity contribution in [2.45, 2.75) is 38.7 Å². The van der Waals surface area contributed by atoms with E-state index in [9.17, 15) is 13.9 Å². The molecule has 1 rings (SSSR count). The summed E-state index contributed by atoms with van der Waals surface area (Å²) in [7, 11) is 0. The van der Waals surface area contributed by atoms with E-state index in [1.54, 1.807) is 12.1 Å². The summed E-state index contributed by atoms with van der Waals surface area (Å²) in [6.45, 7) is 6.00. The zero-order valence-electron chi connectivity index (χ0n) is 9.17. The van der Waals surface area contributed by atoms with E-state index < -0.39 is 12.5 Å². The molecular weight excluding hydrogens is 198 g/mol. The van der Waals surface area contributed by atoms with Crippen LogP contribution in [0.4, 0.5) is 8.78 Å². The summed E-state index contributed by atoms with van der Waals surface area (Å²) >= 11 is 0. The van der Waals surface area contributed by atoms with E-state index in [-0.39, 0.29) is 11.0 Å². The smallest absolute Gasteiger partial charge is 0.268 e. The summed E-state index contributed by atoms with van der Waals surface area (Å²) in [6, 6.07) is 6.73. The molecule has 0 heterocycles. The van der Waals surface area contributed by atoms with Crippen LogP contribution in [0, 0.1) is 0 Å². The van der Waals surface area contributed by atoms with Crippen LogP contribution in [-0.4, -0.2) is 11.5 Å². The third-order valence-corrected chi connectivity index (χ3v) is 2.33. The number of hydrogen-bond donors (Lipinski definition) is 1.